The van der Waals surface area contributed by atoms with Crippen molar-refractivity contribution in [3.05, 3.63) is 71.9 Å². The minimum Gasteiger partial charge on any atom is -0.384 e. The number of nitrogens with zero attached hydrogens (tertiary/aromatic N) is 4. The normalized spacial score (nSPS) is 16.8. The molecular weight excluding hydrogens is 354 g/mol. The summed E-state index contributed by atoms with van der Waals surface area (Å²) in [5.41, 5.74) is 9.75. The molecule has 0 aliphatic carbocycles. The van der Waals surface area contributed by atoms with Crippen LogP contribution in [-0.2, 0) is 4.74 Å². The second-order valence-electron chi connectivity index (χ2n) is 6.72. The Kier molecular flexibility index (Phi) is 4.99. The van der Waals surface area contributed by atoms with Crippen LogP contribution in [0.5, 0.6) is 0 Å². The van der Waals surface area contributed by atoms with Gasteiger partial charge in [0.25, 0.3) is 5.91 Å². The Labute approximate surface area is 163 Å². The number of carbonyl (C=O) groups excluding carboxylic acids is 1. The van der Waals surface area contributed by atoms with Gasteiger partial charge in [-0.2, -0.15) is 0 Å². The molecule has 7 heteroatoms. The van der Waals surface area contributed by atoms with Crippen LogP contribution in [0.25, 0.3) is 11.1 Å². The van der Waals surface area contributed by atoms with E-state index in [1.165, 1.54) is 0 Å². The predicted octanol–water partition coefficient (Wildman–Crippen LogP) is 2.64. The lowest BCUT2D eigenvalue weighted by Gasteiger charge is -2.32. The van der Waals surface area contributed by atoms with Crippen LogP contribution in [0.3, 0.4) is 0 Å². The highest BCUT2D eigenvalue weighted by Gasteiger charge is 2.28. The maximum atomic E-state index is 12.7. The van der Waals surface area contributed by atoms with Crippen LogP contribution in [-0.4, -0.2) is 45.5 Å². The molecule has 1 atom stereocenters. The van der Waals surface area contributed by atoms with E-state index in [2.05, 4.69) is 15.0 Å². The van der Waals surface area contributed by atoms with Crippen molar-refractivity contribution in [3.8, 4) is 11.1 Å². The molecule has 4 rings (SSSR count). The van der Waals surface area contributed by atoms with Crippen LogP contribution >= 0.6 is 0 Å². The maximum absolute atomic E-state index is 12.7. The van der Waals surface area contributed by atoms with E-state index in [1.54, 1.807) is 35.5 Å². The van der Waals surface area contributed by atoms with Gasteiger partial charge in [-0.1, -0.05) is 6.07 Å². The lowest BCUT2D eigenvalue weighted by atomic mass is 10.0. The number of amides is 1. The van der Waals surface area contributed by atoms with E-state index in [0.29, 0.717) is 31.2 Å². The first kappa shape index (κ1) is 18.1. The molecule has 4 heterocycles. The highest BCUT2D eigenvalue weighted by molar-refractivity contribution is 5.92. The molecule has 1 aliphatic heterocycles. The van der Waals surface area contributed by atoms with E-state index in [1.807, 2.05) is 31.2 Å². The minimum absolute atomic E-state index is 0.0930. The summed E-state index contributed by atoms with van der Waals surface area (Å²) in [6, 6.07) is 13.0. The number of pyridine rings is 3. The highest BCUT2D eigenvalue weighted by Crippen LogP contribution is 2.27. The van der Waals surface area contributed by atoms with E-state index in [4.69, 9.17) is 10.5 Å². The van der Waals surface area contributed by atoms with Gasteiger partial charge in [-0.15, -0.1) is 0 Å². The second-order valence-corrected chi connectivity index (χ2v) is 6.72. The van der Waals surface area contributed by atoms with Gasteiger partial charge in [0.1, 0.15) is 17.6 Å². The Morgan fingerprint density at radius 1 is 1.18 bits per heavy atom. The molecule has 0 bridgehead atoms. The summed E-state index contributed by atoms with van der Waals surface area (Å²) in [7, 11) is 0. The smallest absolute Gasteiger partial charge is 0.272 e. The van der Waals surface area contributed by atoms with E-state index < -0.39 is 0 Å². The number of nitrogen functional groups attached to an aromatic ring is 1. The first-order valence-corrected chi connectivity index (χ1v) is 9.12. The fourth-order valence-corrected chi connectivity index (χ4v) is 3.27. The standard InChI is InChI=1S/C21H21N5O2/c1-14-10-16(15-5-6-20(22)24-12-15)11-18(25-14)19-13-26(8-9-28-19)21(27)17-4-2-3-7-23-17/h2-7,10-12,19H,8-9,13H2,1H3,(H2,22,24)/t19-/m0/s1. The number of carbonyl (C=O) groups is 1. The molecule has 0 saturated carbocycles. The van der Waals surface area contributed by atoms with Crippen LogP contribution in [0.2, 0.25) is 0 Å². The van der Waals surface area contributed by atoms with Gasteiger partial charge < -0.3 is 15.4 Å². The van der Waals surface area contributed by atoms with Crippen molar-refractivity contribution in [3.63, 3.8) is 0 Å². The molecule has 1 saturated heterocycles. The molecule has 0 unspecified atom stereocenters. The average molecular weight is 375 g/mol. The molecule has 142 valence electrons. The highest BCUT2D eigenvalue weighted by atomic mass is 16.5. The Morgan fingerprint density at radius 3 is 2.82 bits per heavy atom. The minimum atomic E-state index is -0.290. The second kappa shape index (κ2) is 7.74. The molecule has 7 nitrogen and oxygen atoms in total. The molecule has 1 fully saturated rings. The van der Waals surface area contributed by atoms with Crippen LogP contribution in [0, 0.1) is 6.92 Å². The Bertz CT molecular complexity index is 976. The van der Waals surface area contributed by atoms with Crippen molar-refractivity contribution < 1.29 is 9.53 Å². The monoisotopic (exact) mass is 375 g/mol. The van der Waals surface area contributed by atoms with Gasteiger partial charge in [-0.25, -0.2) is 4.98 Å². The zero-order chi connectivity index (χ0) is 19.5. The van der Waals surface area contributed by atoms with Crippen LogP contribution < -0.4 is 5.73 Å². The molecule has 1 aliphatic rings. The number of aromatic nitrogens is 3. The van der Waals surface area contributed by atoms with E-state index in [-0.39, 0.29) is 12.0 Å². The van der Waals surface area contributed by atoms with Crippen LogP contribution in [0.4, 0.5) is 5.82 Å². The number of nitrogens with two attached hydrogens (primary N) is 1. The molecule has 0 radical (unpaired) electrons. The SMILES string of the molecule is Cc1cc(-c2ccc(N)nc2)cc([C@@H]2CN(C(=O)c3ccccn3)CCO2)n1. The first-order chi connectivity index (χ1) is 13.6. The van der Waals surface area contributed by atoms with Gasteiger partial charge >= 0.3 is 0 Å². The fraction of sp³-hybridized carbons (Fsp3) is 0.238. The average Bonchev–Trinajstić information content (AvgIpc) is 2.74. The van der Waals surface area contributed by atoms with E-state index in [9.17, 15) is 4.79 Å². The summed E-state index contributed by atoms with van der Waals surface area (Å²) < 4.78 is 5.93. The van der Waals surface area contributed by atoms with Crippen molar-refractivity contribution in [2.24, 2.45) is 0 Å². The van der Waals surface area contributed by atoms with Gasteiger partial charge in [0.05, 0.1) is 18.8 Å². The molecule has 0 spiro atoms. The van der Waals surface area contributed by atoms with Crippen molar-refractivity contribution in [2.45, 2.75) is 13.0 Å². The molecule has 2 N–H and O–H groups in total. The number of hydrogen-bond acceptors (Lipinski definition) is 6. The number of rotatable bonds is 3. The van der Waals surface area contributed by atoms with Crippen molar-refractivity contribution in [1.29, 1.82) is 0 Å². The van der Waals surface area contributed by atoms with E-state index in [0.717, 1.165) is 22.5 Å². The number of anilines is 1. The topological polar surface area (TPSA) is 94.2 Å². The van der Waals surface area contributed by atoms with Gasteiger partial charge in [0, 0.05) is 30.2 Å². The molecule has 0 aromatic carbocycles. The summed E-state index contributed by atoms with van der Waals surface area (Å²) in [5, 5.41) is 0. The number of ether oxygens (including phenoxy) is 1. The summed E-state index contributed by atoms with van der Waals surface area (Å²) in [4.78, 5) is 27.5. The van der Waals surface area contributed by atoms with Gasteiger partial charge in [0.15, 0.2) is 0 Å². The molecule has 1 amide bonds. The largest absolute Gasteiger partial charge is 0.384 e. The Hall–Kier alpha value is -3.32. The summed E-state index contributed by atoms with van der Waals surface area (Å²) in [5.74, 6) is 0.388. The van der Waals surface area contributed by atoms with Crippen molar-refractivity contribution in [2.75, 3.05) is 25.4 Å². The third kappa shape index (κ3) is 3.84. The van der Waals surface area contributed by atoms with E-state index >= 15 is 0 Å². The van der Waals surface area contributed by atoms with Crippen LogP contribution in [0.15, 0.2) is 54.9 Å². The molecular formula is C21H21N5O2. The molecule has 28 heavy (non-hydrogen) atoms. The summed E-state index contributed by atoms with van der Waals surface area (Å²) in [6.07, 6.45) is 3.08. The lowest BCUT2D eigenvalue weighted by Crippen LogP contribution is -2.42. The van der Waals surface area contributed by atoms with Gasteiger partial charge in [-0.3, -0.25) is 14.8 Å². The quantitative estimate of drug-likeness (QED) is 0.756. The van der Waals surface area contributed by atoms with Gasteiger partial charge in [0.2, 0.25) is 0 Å². The van der Waals surface area contributed by atoms with Gasteiger partial charge in [-0.05, 0) is 48.9 Å². The summed E-state index contributed by atoms with van der Waals surface area (Å²) >= 11 is 0. The maximum Gasteiger partial charge on any atom is 0.272 e. The third-order valence-electron chi connectivity index (χ3n) is 4.66. The fourth-order valence-electron chi connectivity index (χ4n) is 3.27. The third-order valence-corrected chi connectivity index (χ3v) is 4.66. The number of aryl methyl sites for hydroxylation is 1. The van der Waals surface area contributed by atoms with Crippen molar-refractivity contribution >= 4 is 11.7 Å². The number of morpholine rings is 1. The lowest BCUT2D eigenvalue weighted by molar-refractivity contribution is -0.0249. The number of hydrogen-bond donors (Lipinski definition) is 1. The Morgan fingerprint density at radius 2 is 2.07 bits per heavy atom. The predicted molar refractivity (Wildman–Crippen MR) is 105 cm³/mol. The van der Waals surface area contributed by atoms with Crippen LogP contribution in [0.1, 0.15) is 28.0 Å². The zero-order valence-corrected chi connectivity index (χ0v) is 15.6. The first-order valence-electron chi connectivity index (χ1n) is 9.12. The summed E-state index contributed by atoms with van der Waals surface area (Å²) in [6.45, 7) is 3.37. The van der Waals surface area contributed by atoms with Crippen molar-refractivity contribution in [1.82, 2.24) is 19.9 Å². The Balaban J connectivity index is 1.58. The zero-order valence-electron chi connectivity index (χ0n) is 15.6. The molecule has 3 aromatic heterocycles. The molecule has 3 aromatic rings.